The van der Waals surface area contributed by atoms with E-state index in [1.165, 1.54) is 19.3 Å². The maximum absolute atomic E-state index is 11.0. The zero-order chi connectivity index (χ0) is 11.0. The van der Waals surface area contributed by atoms with Crippen molar-refractivity contribution in [2.45, 2.75) is 39.5 Å². The SMILES string of the molecule is CCCCC(C)CC(COC)C(=O)Cl. The van der Waals surface area contributed by atoms with E-state index in [1.807, 2.05) is 0 Å². The lowest BCUT2D eigenvalue weighted by Gasteiger charge is -2.16. The summed E-state index contributed by atoms with van der Waals surface area (Å²) in [6, 6.07) is 0. The molecule has 0 saturated carbocycles. The Morgan fingerprint density at radius 2 is 2.14 bits per heavy atom. The second-order valence-electron chi connectivity index (χ2n) is 3.94. The van der Waals surface area contributed by atoms with Crippen molar-refractivity contribution in [2.75, 3.05) is 13.7 Å². The van der Waals surface area contributed by atoms with E-state index in [9.17, 15) is 4.79 Å². The van der Waals surface area contributed by atoms with E-state index >= 15 is 0 Å². The monoisotopic (exact) mass is 220 g/mol. The number of unbranched alkanes of at least 4 members (excludes halogenated alkanes) is 1. The van der Waals surface area contributed by atoms with Gasteiger partial charge in [-0.15, -0.1) is 0 Å². The molecular weight excluding hydrogens is 200 g/mol. The summed E-state index contributed by atoms with van der Waals surface area (Å²) in [5, 5.41) is -0.268. The topological polar surface area (TPSA) is 26.3 Å². The first-order chi connectivity index (χ1) is 6.61. The summed E-state index contributed by atoms with van der Waals surface area (Å²) in [6.45, 7) is 4.78. The minimum atomic E-state index is -0.268. The Labute approximate surface area is 92.0 Å². The Balaban J connectivity index is 3.83. The van der Waals surface area contributed by atoms with Crippen molar-refractivity contribution in [2.24, 2.45) is 11.8 Å². The summed E-state index contributed by atoms with van der Waals surface area (Å²) >= 11 is 5.48. The van der Waals surface area contributed by atoms with Crippen molar-refractivity contribution in [3.05, 3.63) is 0 Å². The van der Waals surface area contributed by atoms with E-state index in [2.05, 4.69) is 13.8 Å². The van der Waals surface area contributed by atoms with Gasteiger partial charge in [0.05, 0.1) is 12.5 Å². The van der Waals surface area contributed by atoms with Crippen LogP contribution in [0.25, 0.3) is 0 Å². The molecule has 0 bridgehead atoms. The van der Waals surface area contributed by atoms with Crippen LogP contribution in [-0.2, 0) is 9.53 Å². The summed E-state index contributed by atoms with van der Waals surface area (Å²) in [6.07, 6.45) is 4.43. The Morgan fingerprint density at radius 3 is 2.57 bits per heavy atom. The highest BCUT2D eigenvalue weighted by molar-refractivity contribution is 6.64. The fourth-order valence-corrected chi connectivity index (χ4v) is 1.74. The van der Waals surface area contributed by atoms with Gasteiger partial charge in [0.15, 0.2) is 0 Å². The number of ether oxygens (including phenoxy) is 1. The molecule has 2 unspecified atom stereocenters. The van der Waals surface area contributed by atoms with Crippen LogP contribution < -0.4 is 0 Å². The van der Waals surface area contributed by atoms with Gasteiger partial charge >= 0.3 is 0 Å². The maximum atomic E-state index is 11.0. The second kappa shape index (κ2) is 8.25. The van der Waals surface area contributed by atoms with Crippen molar-refractivity contribution in [1.82, 2.24) is 0 Å². The fraction of sp³-hybridized carbons (Fsp3) is 0.909. The van der Waals surface area contributed by atoms with Gasteiger partial charge in [-0.05, 0) is 23.9 Å². The molecule has 3 heteroatoms. The first-order valence-electron chi connectivity index (χ1n) is 5.30. The second-order valence-corrected chi connectivity index (χ2v) is 4.31. The van der Waals surface area contributed by atoms with Gasteiger partial charge in [0.25, 0.3) is 0 Å². The summed E-state index contributed by atoms with van der Waals surface area (Å²) < 4.78 is 4.97. The highest BCUT2D eigenvalue weighted by atomic mass is 35.5. The average Bonchev–Trinajstić information content (AvgIpc) is 2.14. The van der Waals surface area contributed by atoms with Crippen molar-refractivity contribution >= 4 is 16.8 Å². The summed E-state index contributed by atoms with van der Waals surface area (Å²) in [4.78, 5) is 11.0. The fourth-order valence-electron chi connectivity index (χ4n) is 1.58. The highest BCUT2D eigenvalue weighted by Gasteiger charge is 2.18. The minimum Gasteiger partial charge on any atom is -0.384 e. The molecule has 0 spiro atoms. The minimum absolute atomic E-state index is 0.131. The molecule has 0 aliphatic rings. The van der Waals surface area contributed by atoms with Gasteiger partial charge in [0, 0.05) is 7.11 Å². The van der Waals surface area contributed by atoms with Crippen LogP contribution in [0.5, 0.6) is 0 Å². The number of carbonyl (C=O) groups excluding carboxylic acids is 1. The van der Waals surface area contributed by atoms with Gasteiger partial charge in [-0.2, -0.15) is 0 Å². The molecule has 0 amide bonds. The molecule has 14 heavy (non-hydrogen) atoms. The van der Waals surface area contributed by atoms with Crippen LogP contribution in [-0.4, -0.2) is 19.0 Å². The summed E-state index contributed by atoms with van der Waals surface area (Å²) in [5.41, 5.74) is 0. The maximum Gasteiger partial charge on any atom is 0.227 e. The van der Waals surface area contributed by atoms with Crippen LogP contribution in [0, 0.1) is 11.8 Å². The highest BCUT2D eigenvalue weighted by Crippen LogP contribution is 2.19. The number of methoxy groups -OCH3 is 1. The van der Waals surface area contributed by atoms with E-state index in [4.69, 9.17) is 16.3 Å². The third kappa shape index (κ3) is 6.39. The molecular formula is C11H21ClO2. The van der Waals surface area contributed by atoms with Gasteiger partial charge in [0.1, 0.15) is 0 Å². The van der Waals surface area contributed by atoms with Crippen LogP contribution >= 0.6 is 11.6 Å². The van der Waals surface area contributed by atoms with E-state index in [-0.39, 0.29) is 11.2 Å². The predicted octanol–water partition coefficient (Wildman–Crippen LogP) is 3.23. The van der Waals surface area contributed by atoms with E-state index in [0.29, 0.717) is 12.5 Å². The van der Waals surface area contributed by atoms with Crippen LogP contribution in [0.4, 0.5) is 0 Å². The zero-order valence-electron chi connectivity index (χ0n) is 9.38. The van der Waals surface area contributed by atoms with Crippen molar-refractivity contribution in [3.8, 4) is 0 Å². The Morgan fingerprint density at radius 1 is 1.50 bits per heavy atom. The molecule has 2 nitrogen and oxygen atoms in total. The number of rotatable bonds is 8. The largest absolute Gasteiger partial charge is 0.384 e. The molecule has 0 radical (unpaired) electrons. The van der Waals surface area contributed by atoms with E-state index < -0.39 is 0 Å². The smallest absolute Gasteiger partial charge is 0.227 e. The molecule has 84 valence electrons. The molecule has 0 fully saturated rings. The molecule has 0 aromatic carbocycles. The number of hydrogen-bond donors (Lipinski definition) is 0. The lowest BCUT2D eigenvalue weighted by Crippen LogP contribution is -2.18. The number of halogens is 1. The first kappa shape index (κ1) is 13.9. The summed E-state index contributed by atoms with van der Waals surface area (Å²) in [5.74, 6) is 0.423. The van der Waals surface area contributed by atoms with Crippen LogP contribution in [0.3, 0.4) is 0 Å². The van der Waals surface area contributed by atoms with Gasteiger partial charge in [-0.1, -0.05) is 33.1 Å². The third-order valence-electron chi connectivity index (χ3n) is 2.43. The lowest BCUT2D eigenvalue weighted by atomic mass is 9.93. The molecule has 2 atom stereocenters. The lowest BCUT2D eigenvalue weighted by molar-refractivity contribution is -0.117. The summed E-state index contributed by atoms with van der Waals surface area (Å²) in [7, 11) is 1.60. The van der Waals surface area contributed by atoms with Crippen molar-refractivity contribution < 1.29 is 9.53 Å². The van der Waals surface area contributed by atoms with Crippen LogP contribution in [0.2, 0.25) is 0 Å². The van der Waals surface area contributed by atoms with E-state index in [0.717, 1.165) is 6.42 Å². The van der Waals surface area contributed by atoms with Gasteiger partial charge in [-0.3, -0.25) is 4.79 Å². The predicted molar refractivity (Wildman–Crippen MR) is 59.5 cm³/mol. The van der Waals surface area contributed by atoms with E-state index in [1.54, 1.807) is 7.11 Å². The third-order valence-corrected chi connectivity index (χ3v) is 2.73. The Hall–Kier alpha value is -0.0800. The Kier molecular flexibility index (Phi) is 8.20. The molecule has 0 aromatic rings. The van der Waals surface area contributed by atoms with Crippen LogP contribution in [0.15, 0.2) is 0 Å². The quantitative estimate of drug-likeness (QED) is 0.587. The number of hydrogen-bond acceptors (Lipinski definition) is 2. The van der Waals surface area contributed by atoms with Gasteiger partial charge in [0.2, 0.25) is 5.24 Å². The molecule has 0 aromatic heterocycles. The number of carbonyl (C=O) groups is 1. The molecule has 0 saturated heterocycles. The molecule has 0 aliphatic heterocycles. The normalized spacial score (nSPS) is 15.1. The standard InChI is InChI=1S/C11H21ClO2/c1-4-5-6-9(2)7-10(8-14-3)11(12)13/h9-10H,4-8H2,1-3H3. The molecule has 0 heterocycles. The van der Waals surface area contributed by atoms with Gasteiger partial charge in [-0.25, -0.2) is 0 Å². The van der Waals surface area contributed by atoms with Gasteiger partial charge < -0.3 is 4.74 Å². The zero-order valence-corrected chi connectivity index (χ0v) is 10.1. The van der Waals surface area contributed by atoms with Crippen molar-refractivity contribution in [3.63, 3.8) is 0 Å². The Bertz CT molecular complexity index is 159. The van der Waals surface area contributed by atoms with Crippen molar-refractivity contribution in [1.29, 1.82) is 0 Å². The molecule has 0 rings (SSSR count). The molecule has 0 aliphatic carbocycles. The molecule has 0 N–H and O–H groups in total. The first-order valence-corrected chi connectivity index (χ1v) is 5.67. The van der Waals surface area contributed by atoms with Crippen LogP contribution in [0.1, 0.15) is 39.5 Å². The average molecular weight is 221 g/mol.